The van der Waals surface area contributed by atoms with Crippen molar-refractivity contribution in [2.45, 2.75) is 20.4 Å². The van der Waals surface area contributed by atoms with E-state index in [1.807, 2.05) is 24.6 Å². The summed E-state index contributed by atoms with van der Waals surface area (Å²) in [6, 6.07) is 1.85. The molecule has 1 aromatic heterocycles. The van der Waals surface area contributed by atoms with Gasteiger partial charge in [-0.1, -0.05) is 30.1 Å². The normalized spacial score (nSPS) is 12.0. The Morgan fingerprint density at radius 3 is 2.57 bits per heavy atom. The van der Waals surface area contributed by atoms with Crippen molar-refractivity contribution in [3.63, 3.8) is 0 Å². The third-order valence-electron chi connectivity index (χ3n) is 3.28. The monoisotopic (exact) mass is 333 g/mol. The van der Waals surface area contributed by atoms with E-state index in [0.717, 1.165) is 37.8 Å². The Labute approximate surface area is 137 Å². The molecule has 1 rings (SSSR count). The molecular formula is C14H25Cl2N5. The predicted molar refractivity (Wildman–Crippen MR) is 91.4 cm³/mol. The molecule has 0 radical (unpaired) electrons. The highest BCUT2D eigenvalue weighted by atomic mass is 35.5. The van der Waals surface area contributed by atoms with E-state index >= 15 is 0 Å². The van der Waals surface area contributed by atoms with Crippen LogP contribution in [-0.2, 0) is 13.6 Å². The van der Waals surface area contributed by atoms with Crippen molar-refractivity contribution in [3.8, 4) is 0 Å². The van der Waals surface area contributed by atoms with E-state index < -0.39 is 0 Å². The van der Waals surface area contributed by atoms with Crippen LogP contribution in [0, 0.1) is 0 Å². The molecule has 0 aromatic carbocycles. The van der Waals surface area contributed by atoms with Crippen molar-refractivity contribution in [2.75, 3.05) is 33.2 Å². The molecule has 1 aromatic rings. The van der Waals surface area contributed by atoms with Crippen molar-refractivity contribution in [1.29, 1.82) is 0 Å². The molecule has 120 valence electrons. The first-order chi connectivity index (χ1) is 9.99. The fourth-order valence-electron chi connectivity index (χ4n) is 1.77. The molecule has 0 amide bonds. The number of hydrogen-bond acceptors (Lipinski definition) is 2. The Kier molecular flexibility index (Phi) is 7.93. The molecule has 0 aliphatic rings. The molecule has 0 fully saturated rings. The van der Waals surface area contributed by atoms with Crippen LogP contribution in [0.5, 0.6) is 0 Å². The molecule has 0 spiro atoms. The molecule has 7 heteroatoms. The second-order valence-corrected chi connectivity index (χ2v) is 5.62. The summed E-state index contributed by atoms with van der Waals surface area (Å²) in [4.78, 5) is 6.80. The largest absolute Gasteiger partial charge is 0.357 e. The van der Waals surface area contributed by atoms with Gasteiger partial charge in [0.25, 0.3) is 0 Å². The fourth-order valence-corrected chi connectivity index (χ4v) is 2.18. The summed E-state index contributed by atoms with van der Waals surface area (Å²) < 4.78 is 1.85. The minimum absolute atomic E-state index is 0.530. The van der Waals surface area contributed by atoms with Crippen LogP contribution in [0.15, 0.2) is 11.1 Å². The van der Waals surface area contributed by atoms with Gasteiger partial charge in [-0.2, -0.15) is 0 Å². The minimum Gasteiger partial charge on any atom is -0.357 e. The van der Waals surface area contributed by atoms with E-state index in [1.165, 1.54) is 0 Å². The highest BCUT2D eigenvalue weighted by Crippen LogP contribution is 2.25. The van der Waals surface area contributed by atoms with Crippen LogP contribution in [0.3, 0.4) is 0 Å². The van der Waals surface area contributed by atoms with Gasteiger partial charge in [0.1, 0.15) is 5.15 Å². The van der Waals surface area contributed by atoms with Gasteiger partial charge < -0.3 is 20.1 Å². The molecule has 1 heterocycles. The van der Waals surface area contributed by atoms with Crippen LogP contribution in [0.1, 0.15) is 19.5 Å². The van der Waals surface area contributed by atoms with Crippen molar-refractivity contribution in [1.82, 2.24) is 20.1 Å². The second kappa shape index (κ2) is 9.18. The van der Waals surface area contributed by atoms with E-state index in [2.05, 4.69) is 34.5 Å². The van der Waals surface area contributed by atoms with E-state index in [4.69, 9.17) is 23.2 Å². The lowest BCUT2D eigenvalue weighted by Crippen LogP contribution is -2.41. The quantitative estimate of drug-likeness (QED) is 0.594. The van der Waals surface area contributed by atoms with Crippen LogP contribution in [-0.4, -0.2) is 48.7 Å². The molecule has 0 unspecified atom stereocenters. The maximum absolute atomic E-state index is 6.06. The summed E-state index contributed by atoms with van der Waals surface area (Å²) in [7, 11) is 3.98. The first-order valence-electron chi connectivity index (χ1n) is 7.19. The van der Waals surface area contributed by atoms with Gasteiger partial charge in [-0.3, -0.25) is 0 Å². The topological polar surface area (TPSA) is 44.6 Å². The number of likely N-dealkylation sites (N-methyl/N-ethyl adjacent to an activating group) is 1. The van der Waals surface area contributed by atoms with E-state index in [0.29, 0.717) is 16.7 Å². The number of aliphatic imine (C=N–C) groups is 1. The van der Waals surface area contributed by atoms with Gasteiger partial charge in [-0.25, -0.2) is 4.99 Å². The summed E-state index contributed by atoms with van der Waals surface area (Å²) >= 11 is 12.1. The van der Waals surface area contributed by atoms with E-state index in [1.54, 1.807) is 0 Å². The highest BCUT2D eigenvalue weighted by molar-refractivity contribution is 6.41. The number of hydrogen-bond donors (Lipinski definition) is 2. The Hall–Kier alpha value is -0.910. The molecule has 0 saturated carbocycles. The maximum atomic E-state index is 6.06. The Bertz CT molecular complexity index is 470. The SMILES string of the molecule is CCNC(=NCc1cc(Cl)c(Cl)n1C)NCCN(C)CC. The van der Waals surface area contributed by atoms with Crippen LogP contribution in [0.2, 0.25) is 10.2 Å². The predicted octanol–water partition coefficient (Wildman–Crippen LogP) is 2.34. The van der Waals surface area contributed by atoms with E-state index in [9.17, 15) is 0 Å². The number of nitrogens with one attached hydrogen (secondary N) is 2. The van der Waals surface area contributed by atoms with Crippen LogP contribution in [0.25, 0.3) is 0 Å². The summed E-state index contributed by atoms with van der Waals surface area (Å²) in [6.45, 7) is 8.41. The Morgan fingerprint density at radius 2 is 2.05 bits per heavy atom. The van der Waals surface area contributed by atoms with Gasteiger partial charge >= 0.3 is 0 Å². The van der Waals surface area contributed by atoms with Gasteiger partial charge in [0.2, 0.25) is 0 Å². The lowest BCUT2D eigenvalue weighted by atomic mass is 10.4. The average Bonchev–Trinajstić information content (AvgIpc) is 2.71. The molecule has 0 bridgehead atoms. The zero-order chi connectivity index (χ0) is 15.8. The molecule has 0 atom stereocenters. The molecule has 0 aliphatic heterocycles. The molecule has 2 N–H and O–H groups in total. The van der Waals surface area contributed by atoms with Crippen molar-refractivity contribution in [3.05, 3.63) is 21.9 Å². The highest BCUT2D eigenvalue weighted by Gasteiger charge is 2.08. The third kappa shape index (κ3) is 5.77. The summed E-state index contributed by atoms with van der Waals surface area (Å²) in [5.41, 5.74) is 0.980. The fraction of sp³-hybridized carbons (Fsp3) is 0.643. The lowest BCUT2D eigenvalue weighted by molar-refractivity contribution is 0.357. The van der Waals surface area contributed by atoms with Crippen LogP contribution >= 0.6 is 23.2 Å². The molecule has 21 heavy (non-hydrogen) atoms. The second-order valence-electron chi connectivity index (χ2n) is 4.85. The number of nitrogens with zero attached hydrogens (tertiary/aromatic N) is 3. The first-order valence-corrected chi connectivity index (χ1v) is 7.95. The number of guanidine groups is 1. The van der Waals surface area contributed by atoms with Gasteiger partial charge in [0.05, 0.1) is 11.6 Å². The standard InChI is InChI=1S/C14H25Cl2N5/c1-5-17-14(18-7-8-20(3)6-2)19-10-11-9-12(15)13(16)21(11)4/h9H,5-8,10H2,1-4H3,(H2,17,18,19). The third-order valence-corrected chi connectivity index (χ3v) is 4.13. The summed E-state index contributed by atoms with van der Waals surface area (Å²) in [5, 5.41) is 7.66. The van der Waals surface area contributed by atoms with Crippen molar-refractivity contribution < 1.29 is 0 Å². The maximum Gasteiger partial charge on any atom is 0.191 e. The first kappa shape index (κ1) is 18.1. The molecule has 5 nitrogen and oxygen atoms in total. The number of aromatic nitrogens is 1. The van der Waals surface area contributed by atoms with Crippen molar-refractivity contribution in [2.24, 2.45) is 12.0 Å². The Balaban J connectivity index is 2.60. The molecule has 0 aliphatic carbocycles. The van der Waals surface area contributed by atoms with Crippen LogP contribution in [0.4, 0.5) is 0 Å². The number of halogens is 2. The lowest BCUT2D eigenvalue weighted by Gasteiger charge is -2.16. The van der Waals surface area contributed by atoms with Gasteiger partial charge in [0, 0.05) is 32.4 Å². The van der Waals surface area contributed by atoms with Gasteiger partial charge in [-0.15, -0.1) is 0 Å². The smallest absolute Gasteiger partial charge is 0.191 e. The molecule has 0 saturated heterocycles. The van der Waals surface area contributed by atoms with Crippen LogP contribution < -0.4 is 10.6 Å². The summed E-state index contributed by atoms with van der Waals surface area (Å²) in [5.74, 6) is 0.801. The minimum atomic E-state index is 0.530. The van der Waals surface area contributed by atoms with Gasteiger partial charge in [0.15, 0.2) is 5.96 Å². The van der Waals surface area contributed by atoms with Gasteiger partial charge in [-0.05, 0) is 26.6 Å². The van der Waals surface area contributed by atoms with Crippen molar-refractivity contribution >= 4 is 29.2 Å². The molecular weight excluding hydrogens is 309 g/mol. The number of rotatable bonds is 7. The summed E-state index contributed by atoms with van der Waals surface area (Å²) in [6.07, 6.45) is 0. The average molecular weight is 334 g/mol. The Morgan fingerprint density at radius 1 is 1.33 bits per heavy atom. The zero-order valence-corrected chi connectivity index (χ0v) is 14.7. The van der Waals surface area contributed by atoms with E-state index in [-0.39, 0.29) is 0 Å². The zero-order valence-electron chi connectivity index (χ0n) is 13.2.